The van der Waals surface area contributed by atoms with Crippen LogP contribution in [0, 0.1) is 6.92 Å². The van der Waals surface area contributed by atoms with Crippen molar-refractivity contribution in [3.8, 4) is 17.2 Å². The molecule has 0 unspecified atom stereocenters. The summed E-state index contributed by atoms with van der Waals surface area (Å²) in [5.41, 5.74) is 2.87. The van der Waals surface area contributed by atoms with E-state index in [4.69, 9.17) is 9.15 Å². The van der Waals surface area contributed by atoms with Crippen molar-refractivity contribution >= 4 is 22.7 Å². The number of ether oxygens (including phenoxy) is 1. The minimum absolute atomic E-state index is 0.437. The molecule has 4 rings (SSSR count). The molecular weight excluding hydrogens is 336 g/mol. The van der Waals surface area contributed by atoms with Gasteiger partial charge in [-0.25, -0.2) is 9.97 Å². The highest BCUT2D eigenvalue weighted by molar-refractivity contribution is 7.99. The first-order valence-corrected chi connectivity index (χ1v) is 8.42. The molecule has 6 nitrogen and oxygen atoms in total. The Morgan fingerprint density at radius 1 is 1.00 bits per heavy atom. The van der Waals surface area contributed by atoms with Crippen LogP contribution < -0.4 is 4.74 Å². The fraction of sp³-hybridized carbons (Fsp3) is 0.111. The van der Waals surface area contributed by atoms with Crippen molar-refractivity contribution in [1.82, 2.24) is 20.2 Å². The number of methoxy groups -OCH3 is 1. The standard InChI is InChI=1S/C18H14N4O2S/c1-11-3-8-15-14(9-11)17(20-10-19-15)25-18-22-21-16(24-18)12-4-6-13(23-2)7-5-12/h3-10H,1-2H3. The molecule has 2 aromatic carbocycles. The molecule has 0 aliphatic heterocycles. The lowest BCUT2D eigenvalue weighted by atomic mass is 10.2. The van der Waals surface area contributed by atoms with E-state index in [0.29, 0.717) is 11.1 Å². The normalized spacial score (nSPS) is 11.0. The Morgan fingerprint density at radius 3 is 2.64 bits per heavy atom. The van der Waals surface area contributed by atoms with E-state index in [2.05, 4.69) is 26.2 Å². The Kier molecular flexibility index (Phi) is 4.07. The summed E-state index contributed by atoms with van der Waals surface area (Å²) in [7, 11) is 1.63. The molecule has 0 saturated heterocycles. The Hall–Kier alpha value is -2.93. The number of fused-ring (bicyclic) bond motifs is 1. The molecule has 25 heavy (non-hydrogen) atoms. The summed E-state index contributed by atoms with van der Waals surface area (Å²) in [6.07, 6.45) is 1.54. The van der Waals surface area contributed by atoms with Gasteiger partial charge in [0.2, 0.25) is 5.89 Å². The summed E-state index contributed by atoms with van der Waals surface area (Å²) in [5, 5.41) is 10.4. The van der Waals surface area contributed by atoms with E-state index in [-0.39, 0.29) is 0 Å². The molecular formula is C18H14N4O2S. The van der Waals surface area contributed by atoms with Crippen molar-refractivity contribution in [1.29, 1.82) is 0 Å². The molecule has 0 aliphatic rings. The Labute approximate surface area is 148 Å². The van der Waals surface area contributed by atoms with Gasteiger partial charge in [0.05, 0.1) is 12.6 Å². The molecule has 0 spiro atoms. The van der Waals surface area contributed by atoms with Gasteiger partial charge in [0.25, 0.3) is 5.22 Å². The zero-order valence-corrected chi connectivity index (χ0v) is 14.4. The van der Waals surface area contributed by atoms with Crippen LogP contribution in [0.3, 0.4) is 0 Å². The highest BCUT2D eigenvalue weighted by Crippen LogP contribution is 2.32. The molecule has 0 radical (unpaired) electrons. The number of hydrogen-bond donors (Lipinski definition) is 0. The van der Waals surface area contributed by atoms with Crippen molar-refractivity contribution in [3.63, 3.8) is 0 Å². The molecule has 0 fully saturated rings. The van der Waals surface area contributed by atoms with E-state index in [1.165, 1.54) is 11.8 Å². The summed E-state index contributed by atoms with van der Waals surface area (Å²) < 4.78 is 10.9. The first kappa shape index (κ1) is 15.6. The van der Waals surface area contributed by atoms with Crippen molar-refractivity contribution < 1.29 is 9.15 Å². The monoisotopic (exact) mass is 350 g/mol. The average Bonchev–Trinajstić information content (AvgIpc) is 3.11. The third-order valence-corrected chi connectivity index (χ3v) is 4.54. The van der Waals surface area contributed by atoms with Gasteiger partial charge in [0.15, 0.2) is 0 Å². The smallest absolute Gasteiger partial charge is 0.283 e. The number of aromatic nitrogens is 4. The molecule has 7 heteroatoms. The second-order valence-corrected chi connectivity index (χ2v) is 6.34. The highest BCUT2D eigenvalue weighted by Gasteiger charge is 2.13. The first-order chi connectivity index (χ1) is 12.2. The number of hydrogen-bond acceptors (Lipinski definition) is 7. The van der Waals surface area contributed by atoms with E-state index in [1.54, 1.807) is 13.4 Å². The maximum absolute atomic E-state index is 5.77. The maximum atomic E-state index is 5.77. The number of benzene rings is 2. The SMILES string of the molecule is COc1ccc(-c2nnc(Sc3ncnc4ccc(C)cc34)o2)cc1. The molecule has 0 atom stereocenters. The minimum atomic E-state index is 0.437. The van der Waals surface area contributed by atoms with Crippen LogP contribution in [-0.2, 0) is 0 Å². The minimum Gasteiger partial charge on any atom is -0.497 e. The van der Waals surface area contributed by atoms with Crippen LogP contribution in [0.4, 0.5) is 0 Å². The molecule has 0 saturated carbocycles. The predicted molar refractivity (Wildman–Crippen MR) is 94.7 cm³/mol. The Morgan fingerprint density at radius 2 is 1.84 bits per heavy atom. The quantitative estimate of drug-likeness (QED) is 0.512. The van der Waals surface area contributed by atoms with Crippen molar-refractivity contribution in [2.45, 2.75) is 17.2 Å². The topological polar surface area (TPSA) is 73.9 Å². The molecule has 0 amide bonds. The van der Waals surface area contributed by atoms with Crippen molar-refractivity contribution in [3.05, 3.63) is 54.4 Å². The first-order valence-electron chi connectivity index (χ1n) is 7.60. The van der Waals surface area contributed by atoms with Crippen LogP contribution in [0.2, 0.25) is 0 Å². The van der Waals surface area contributed by atoms with Gasteiger partial charge in [-0.3, -0.25) is 0 Å². The molecule has 0 N–H and O–H groups in total. The molecule has 0 aliphatic carbocycles. The highest BCUT2D eigenvalue weighted by atomic mass is 32.2. The largest absolute Gasteiger partial charge is 0.497 e. The third-order valence-electron chi connectivity index (χ3n) is 3.68. The molecule has 2 heterocycles. The zero-order valence-electron chi connectivity index (χ0n) is 13.6. The van der Waals surface area contributed by atoms with Gasteiger partial charge in [0, 0.05) is 10.9 Å². The average molecular weight is 350 g/mol. The van der Waals surface area contributed by atoms with Crippen molar-refractivity contribution in [2.24, 2.45) is 0 Å². The van der Waals surface area contributed by atoms with Gasteiger partial charge in [-0.2, -0.15) is 0 Å². The van der Waals surface area contributed by atoms with E-state index in [1.807, 2.05) is 43.3 Å². The predicted octanol–water partition coefficient (Wildman–Crippen LogP) is 4.15. The van der Waals surface area contributed by atoms with Crippen LogP contribution >= 0.6 is 11.8 Å². The molecule has 2 aromatic heterocycles. The lowest BCUT2D eigenvalue weighted by Crippen LogP contribution is -1.87. The van der Waals surface area contributed by atoms with Gasteiger partial charge in [-0.05, 0) is 55.1 Å². The molecule has 124 valence electrons. The number of aryl methyl sites for hydroxylation is 1. The van der Waals surface area contributed by atoms with Gasteiger partial charge in [0.1, 0.15) is 17.1 Å². The van der Waals surface area contributed by atoms with Gasteiger partial charge >= 0.3 is 0 Å². The second-order valence-electron chi connectivity index (χ2n) is 5.40. The third kappa shape index (κ3) is 3.18. The lowest BCUT2D eigenvalue weighted by molar-refractivity contribution is 0.414. The van der Waals surface area contributed by atoms with Crippen LogP contribution in [0.1, 0.15) is 5.56 Å². The zero-order chi connectivity index (χ0) is 17.2. The van der Waals surface area contributed by atoms with Crippen LogP contribution in [0.15, 0.2) is 63.5 Å². The van der Waals surface area contributed by atoms with Gasteiger partial charge < -0.3 is 9.15 Å². The van der Waals surface area contributed by atoms with Gasteiger partial charge in [-0.15, -0.1) is 10.2 Å². The molecule has 0 bridgehead atoms. The van der Waals surface area contributed by atoms with E-state index >= 15 is 0 Å². The molecule has 4 aromatic rings. The van der Waals surface area contributed by atoms with E-state index in [0.717, 1.165) is 32.8 Å². The number of nitrogens with zero attached hydrogens (tertiary/aromatic N) is 4. The summed E-state index contributed by atoms with van der Waals surface area (Å²) in [5.74, 6) is 1.24. The van der Waals surface area contributed by atoms with Crippen LogP contribution in [0.25, 0.3) is 22.4 Å². The summed E-state index contributed by atoms with van der Waals surface area (Å²) in [6, 6.07) is 13.5. The second kappa shape index (κ2) is 6.52. The summed E-state index contributed by atoms with van der Waals surface area (Å²) >= 11 is 1.33. The van der Waals surface area contributed by atoms with Gasteiger partial charge in [-0.1, -0.05) is 11.6 Å². The Bertz CT molecular complexity index is 1030. The van der Waals surface area contributed by atoms with E-state index in [9.17, 15) is 0 Å². The van der Waals surface area contributed by atoms with E-state index < -0.39 is 0 Å². The summed E-state index contributed by atoms with van der Waals surface area (Å²) in [4.78, 5) is 8.65. The fourth-order valence-electron chi connectivity index (χ4n) is 2.41. The Balaban J connectivity index is 1.64. The fourth-order valence-corrected chi connectivity index (χ4v) is 3.15. The van der Waals surface area contributed by atoms with Crippen LogP contribution in [-0.4, -0.2) is 27.3 Å². The van der Waals surface area contributed by atoms with Crippen molar-refractivity contribution in [2.75, 3.05) is 7.11 Å². The maximum Gasteiger partial charge on any atom is 0.283 e. The lowest BCUT2D eigenvalue weighted by Gasteiger charge is -2.03. The number of rotatable bonds is 4. The van der Waals surface area contributed by atoms with Crippen LogP contribution in [0.5, 0.6) is 5.75 Å². The summed E-state index contributed by atoms with van der Waals surface area (Å²) in [6.45, 7) is 2.04.